The number of hydrogen-bond donors (Lipinski definition) is 4. The van der Waals surface area contributed by atoms with Gasteiger partial charge in [-0.3, -0.25) is 9.59 Å². The first-order valence-electron chi connectivity index (χ1n) is 8.68. The SMILES string of the molecule is Nc1cccc(NC(=O)c2ccc(NC(=O)c3cccc(N)c3)cc2C(F)(F)F)c1. The van der Waals surface area contributed by atoms with Gasteiger partial charge in [-0.1, -0.05) is 12.1 Å². The lowest BCUT2D eigenvalue weighted by atomic mass is 10.0. The lowest BCUT2D eigenvalue weighted by Gasteiger charge is -2.15. The summed E-state index contributed by atoms with van der Waals surface area (Å²) in [7, 11) is 0. The predicted molar refractivity (Wildman–Crippen MR) is 109 cm³/mol. The lowest BCUT2D eigenvalue weighted by molar-refractivity contribution is -0.137. The number of hydrogen-bond acceptors (Lipinski definition) is 4. The fourth-order valence-corrected chi connectivity index (χ4v) is 2.75. The summed E-state index contributed by atoms with van der Waals surface area (Å²) in [6.45, 7) is 0. The van der Waals surface area contributed by atoms with Crippen molar-refractivity contribution in [2.45, 2.75) is 6.18 Å². The van der Waals surface area contributed by atoms with Gasteiger partial charge in [-0.25, -0.2) is 0 Å². The molecule has 6 N–H and O–H groups in total. The monoisotopic (exact) mass is 414 g/mol. The smallest absolute Gasteiger partial charge is 0.399 e. The Morgan fingerprint density at radius 2 is 1.33 bits per heavy atom. The van der Waals surface area contributed by atoms with Crippen LogP contribution < -0.4 is 22.1 Å². The maximum absolute atomic E-state index is 13.6. The van der Waals surface area contributed by atoms with Crippen molar-refractivity contribution in [1.82, 2.24) is 0 Å². The van der Waals surface area contributed by atoms with E-state index in [1.807, 2.05) is 0 Å². The largest absolute Gasteiger partial charge is 0.417 e. The van der Waals surface area contributed by atoms with E-state index in [4.69, 9.17) is 11.5 Å². The van der Waals surface area contributed by atoms with Gasteiger partial charge in [-0.2, -0.15) is 13.2 Å². The molecule has 0 radical (unpaired) electrons. The van der Waals surface area contributed by atoms with Crippen LogP contribution in [0.15, 0.2) is 66.7 Å². The van der Waals surface area contributed by atoms with Crippen LogP contribution >= 0.6 is 0 Å². The summed E-state index contributed by atoms with van der Waals surface area (Å²) >= 11 is 0. The van der Waals surface area contributed by atoms with Crippen LogP contribution in [-0.2, 0) is 6.18 Å². The lowest BCUT2D eigenvalue weighted by Crippen LogP contribution is -2.20. The van der Waals surface area contributed by atoms with Gasteiger partial charge in [0.1, 0.15) is 0 Å². The number of anilines is 4. The molecule has 3 rings (SSSR count). The van der Waals surface area contributed by atoms with E-state index >= 15 is 0 Å². The molecule has 3 aromatic rings. The van der Waals surface area contributed by atoms with Gasteiger partial charge in [0.05, 0.1) is 11.1 Å². The molecule has 30 heavy (non-hydrogen) atoms. The molecule has 0 aliphatic rings. The van der Waals surface area contributed by atoms with E-state index in [1.54, 1.807) is 24.3 Å². The zero-order valence-corrected chi connectivity index (χ0v) is 15.5. The highest BCUT2D eigenvalue weighted by molar-refractivity contribution is 6.07. The second kappa shape index (κ2) is 8.16. The highest BCUT2D eigenvalue weighted by Crippen LogP contribution is 2.34. The molecule has 0 fully saturated rings. The Labute approximate surface area is 169 Å². The van der Waals surface area contributed by atoms with Gasteiger partial charge in [-0.15, -0.1) is 0 Å². The van der Waals surface area contributed by atoms with Crippen molar-refractivity contribution in [3.8, 4) is 0 Å². The molecule has 0 aliphatic heterocycles. The zero-order chi connectivity index (χ0) is 21.9. The van der Waals surface area contributed by atoms with Gasteiger partial charge < -0.3 is 22.1 Å². The summed E-state index contributed by atoms with van der Waals surface area (Å²) in [4.78, 5) is 24.7. The molecule has 0 heterocycles. The third-order valence-electron chi connectivity index (χ3n) is 4.12. The Hall–Kier alpha value is -4.01. The Bertz CT molecular complexity index is 1110. The number of nitrogen functional groups attached to an aromatic ring is 2. The Morgan fingerprint density at radius 3 is 1.97 bits per heavy atom. The molecule has 0 atom stereocenters. The van der Waals surface area contributed by atoms with E-state index in [9.17, 15) is 22.8 Å². The quantitative estimate of drug-likeness (QED) is 0.475. The normalized spacial score (nSPS) is 11.0. The number of benzene rings is 3. The van der Waals surface area contributed by atoms with Crippen LogP contribution in [-0.4, -0.2) is 11.8 Å². The standard InChI is InChI=1S/C21H17F3N4O2/c22-21(23,24)18-11-16(27-19(29)12-3-1-4-13(25)9-12)7-8-17(18)20(30)28-15-6-2-5-14(26)10-15/h1-11H,25-26H2,(H,27,29)(H,28,30). The number of carbonyl (C=O) groups excluding carboxylic acids is 2. The fraction of sp³-hybridized carbons (Fsp3) is 0.0476. The first-order chi connectivity index (χ1) is 14.1. The van der Waals surface area contributed by atoms with Crippen molar-refractivity contribution < 1.29 is 22.8 Å². The van der Waals surface area contributed by atoms with Gasteiger partial charge >= 0.3 is 6.18 Å². The van der Waals surface area contributed by atoms with Crippen LogP contribution in [0.1, 0.15) is 26.3 Å². The number of alkyl halides is 3. The van der Waals surface area contributed by atoms with Crippen molar-refractivity contribution in [2.75, 3.05) is 22.1 Å². The van der Waals surface area contributed by atoms with Crippen molar-refractivity contribution in [2.24, 2.45) is 0 Å². The number of nitrogens with one attached hydrogen (secondary N) is 2. The highest BCUT2D eigenvalue weighted by Gasteiger charge is 2.35. The Kier molecular flexibility index (Phi) is 5.63. The molecule has 0 aromatic heterocycles. The summed E-state index contributed by atoms with van der Waals surface area (Å²) in [6, 6.07) is 15.0. The molecule has 6 nitrogen and oxygen atoms in total. The number of amides is 2. The molecule has 154 valence electrons. The molecule has 0 bridgehead atoms. The summed E-state index contributed by atoms with van der Waals surface area (Å²) in [5.74, 6) is -1.59. The first-order valence-corrected chi connectivity index (χ1v) is 8.68. The summed E-state index contributed by atoms with van der Waals surface area (Å²) in [6.07, 6.45) is -4.82. The zero-order valence-electron chi connectivity index (χ0n) is 15.5. The number of rotatable bonds is 4. The van der Waals surface area contributed by atoms with Crippen molar-refractivity contribution in [3.05, 3.63) is 83.4 Å². The van der Waals surface area contributed by atoms with Gasteiger partial charge in [0.25, 0.3) is 11.8 Å². The molecule has 9 heteroatoms. The fourth-order valence-electron chi connectivity index (χ4n) is 2.75. The number of halogens is 3. The van der Waals surface area contributed by atoms with Crippen LogP contribution in [0.5, 0.6) is 0 Å². The van der Waals surface area contributed by atoms with Gasteiger partial charge in [0.2, 0.25) is 0 Å². The van der Waals surface area contributed by atoms with Crippen molar-refractivity contribution >= 4 is 34.6 Å². The maximum Gasteiger partial charge on any atom is 0.417 e. The summed E-state index contributed by atoms with van der Waals surface area (Å²) in [5.41, 5.74) is 10.5. The molecular formula is C21H17F3N4O2. The van der Waals surface area contributed by atoms with Crippen molar-refractivity contribution in [3.63, 3.8) is 0 Å². The highest BCUT2D eigenvalue weighted by atomic mass is 19.4. The molecule has 0 saturated carbocycles. The minimum absolute atomic E-state index is 0.116. The first kappa shape index (κ1) is 20.7. The second-order valence-corrected chi connectivity index (χ2v) is 6.42. The molecule has 0 saturated heterocycles. The number of carbonyl (C=O) groups is 2. The van der Waals surface area contributed by atoms with E-state index in [0.29, 0.717) is 17.4 Å². The summed E-state index contributed by atoms with van der Waals surface area (Å²) < 4.78 is 40.7. The van der Waals surface area contributed by atoms with E-state index < -0.39 is 29.1 Å². The van der Waals surface area contributed by atoms with Crippen LogP contribution in [0.25, 0.3) is 0 Å². The molecular weight excluding hydrogens is 397 g/mol. The summed E-state index contributed by atoms with van der Waals surface area (Å²) in [5, 5.41) is 4.76. The minimum atomic E-state index is -4.82. The third-order valence-corrected chi connectivity index (χ3v) is 4.12. The van der Waals surface area contributed by atoms with E-state index in [-0.39, 0.29) is 16.9 Å². The molecule has 2 amide bonds. The third kappa shape index (κ3) is 4.88. The predicted octanol–water partition coefficient (Wildman–Crippen LogP) is 4.37. The average molecular weight is 414 g/mol. The maximum atomic E-state index is 13.6. The van der Waals surface area contributed by atoms with Crippen LogP contribution in [0.4, 0.5) is 35.9 Å². The topological polar surface area (TPSA) is 110 Å². The molecule has 3 aromatic carbocycles. The van der Waals surface area contributed by atoms with Gasteiger partial charge in [0.15, 0.2) is 0 Å². The second-order valence-electron chi connectivity index (χ2n) is 6.42. The minimum Gasteiger partial charge on any atom is -0.399 e. The van der Waals surface area contributed by atoms with Crippen LogP contribution in [0.3, 0.4) is 0 Å². The Balaban J connectivity index is 1.88. The molecule has 0 unspecified atom stereocenters. The van der Waals surface area contributed by atoms with Gasteiger partial charge in [0, 0.05) is 28.3 Å². The van der Waals surface area contributed by atoms with Crippen LogP contribution in [0.2, 0.25) is 0 Å². The van der Waals surface area contributed by atoms with Crippen molar-refractivity contribution in [1.29, 1.82) is 0 Å². The molecule has 0 spiro atoms. The number of nitrogens with two attached hydrogens (primary N) is 2. The van der Waals surface area contributed by atoms with E-state index in [1.165, 1.54) is 30.3 Å². The van der Waals surface area contributed by atoms with Gasteiger partial charge in [-0.05, 0) is 54.6 Å². The van der Waals surface area contributed by atoms with E-state index in [2.05, 4.69) is 10.6 Å². The van der Waals surface area contributed by atoms with E-state index in [0.717, 1.165) is 6.07 Å². The average Bonchev–Trinajstić information content (AvgIpc) is 2.67. The Morgan fingerprint density at radius 1 is 0.733 bits per heavy atom. The van der Waals surface area contributed by atoms with Crippen LogP contribution in [0, 0.1) is 0 Å². The molecule has 0 aliphatic carbocycles.